The van der Waals surface area contributed by atoms with E-state index >= 15 is 0 Å². The minimum absolute atomic E-state index is 1.38. The van der Waals surface area contributed by atoms with Crippen LogP contribution in [0.5, 0.6) is 0 Å². The van der Waals surface area contributed by atoms with Crippen LogP contribution in [0.25, 0.3) is 0 Å². The van der Waals surface area contributed by atoms with Gasteiger partial charge in [-0.1, -0.05) is 0 Å². The molecule has 0 aromatic heterocycles. The maximum atomic E-state index is 9.69. The molecule has 1 rings (SSSR count). The van der Waals surface area contributed by atoms with Gasteiger partial charge in [0.1, 0.15) is 0 Å². The fraction of sp³-hybridized carbons (Fsp3) is 0. The van der Waals surface area contributed by atoms with Crippen molar-refractivity contribution in [1.82, 2.24) is 0 Å². The summed E-state index contributed by atoms with van der Waals surface area (Å²) >= 11 is -1.38. The summed E-state index contributed by atoms with van der Waals surface area (Å²) in [7, 11) is -3.40. The molecule has 0 aromatic carbocycles. The summed E-state index contributed by atoms with van der Waals surface area (Å²) < 4.78 is 27.5. The molecule has 0 radical (unpaired) electrons. The van der Waals surface area contributed by atoms with E-state index < -0.39 is 30.9 Å². The van der Waals surface area contributed by atoms with Crippen LogP contribution < -0.4 is 0 Å². The Morgan fingerprint density at radius 1 is 1.33 bits per heavy atom. The molecule has 0 amide bonds. The normalized spacial score (nSPS) is 27.3. The van der Waals surface area contributed by atoms with Crippen LogP contribution in [-0.2, 0) is 36.3 Å². The molecule has 1 fully saturated rings. The quantitative estimate of drug-likeness (QED) is 0.581. The van der Waals surface area contributed by atoms with Gasteiger partial charge in [-0.25, -0.2) is 0 Å². The number of rotatable bonds is 0. The van der Waals surface area contributed by atoms with Crippen LogP contribution in [0.15, 0.2) is 0 Å². The zero-order chi connectivity index (χ0) is 4.62. The predicted octanol–water partition coefficient (Wildman–Crippen LogP) is -0.809. The molecule has 6 heteroatoms. The first-order chi connectivity index (χ1) is 2.71. The SMILES string of the molecule is O=S1(=O)[O][Ta][O]1. The van der Waals surface area contributed by atoms with Gasteiger partial charge in [-0.15, -0.1) is 0 Å². The van der Waals surface area contributed by atoms with E-state index in [1.165, 1.54) is 0 Å². The summed E-state index contributed by atoms with van der Waals surface area (Å²) in [4.78, 5) is 0. The average Bonchev–Trinajstić information content (AvgIpc) is 1.32. The molecule has 0 N–H and O–H groups in total. The zero-order valence-electron chi connectivity index (χ0n) is 2.49. The zero-order valence-corrected chi connectivity index (χ0v) is 6.52. The van der Waals surface area contributed by atoms with E-state index in [2.05, 4.69) is 5.38 Å². The third-order valence-electron chi connectivity index (χ3n) is 0.243. The Labute approximate surface area is 45.1 Å². The summed E-state index contributed by atoms with van der Waals surface area (Å²) in [5, 5.41) is 0. The standard InChI is InChI=1S/H2O4S.Ta/c1-5(2,3)4;/h(H2,1,2,3,4);/q;+2/p-2. The predicted molar refractivity (Wildman–Crippen MR) is 11.1 cm³/mol. The molecule has 0 unspecified atom stereocenters. The molecule has 4 nitrogen and oxygen atoms in total. The van der Waals surface area contributed by atoms with Crippen molar-refractivity contribution in [2.24, 2.45) is 0 Å². The second kappa shape index (κ2) is 1.29. The topological polar surface area (TPSA) is 52.6 Å². The van der Waals surface area contributed by atoms with E-state index in [1.807, 2.05) is 0 Å². The third-order valence-corrected chi connectivity index (χ3v) is 5.98. The van der Waals surface area contributed by atoms with Crippen molar-refractivity contribution >= 4 is 10.4 Å². The first kappa shape index (κ1) is 4.76. The van der Waals surface area contributed by atoms with Gasteiger partial charge < -0.3 is 0 Å². The number of hydrogen-bond acceptors (Lipinski definition) is 4. The van der Waals surface area contributed by atoms with Crippen LogP contribution in [-0.4, -0.2) is 8.42 Å². The van der Waals surface area contributed by atoms with Gasteiger partial charge in [0.2, 0.25) is 0 Å². The van der Waals surface area contributed by atoms with Crippen molar-refractivity contribution in [2.45, 2.75) is 0 Å². The molecule has 0 aromatic rings. The molecule has 6 heavy (non-hydrogen) atoms. The molecule has 0 spiro atoms. The van der Waals surface area contributed by atoms with Crippen LogP contribution in [0.4, 0.5) is 0 Å². The molecule has 0 atom stereocenters. The van der Waals surface area contributed by atoms with Crippen LogP contribution in [0, 0.1) is 0 Å². The Balaban J connectivity index is 2.78. The summed E-state index contributed by atoms with van der Waals surface area (Å²) in [6.45, 7) is 0. The monoisotopic (exact) mass is 277 g/mol. The Bertz CT molecular complexity index is 122. The maximum absolute atomic E-state index is 9.69. The molecule has 0 aliphatic carbocycles. The second-order valence-corrected chi connectivity index (χ2v) is 5.50. The molecule has 35 valence electrons. The average molecular weight is 277 g/mol. The van der Waals surface area contributed by atoms with Gasteiger partial charge in [-0.05, 0) is 0 Å². The Hall–Kier alpha value is 0.610. The summed E-state index contributed by atoms with van der Waals surface area (Å²) in [5.41, 5.74) is 0. The van der Waals surface area contributed by atoms with Gasteiger partial charge in [0, 0.05) is 0 Å². The first-order valence-electron chi connectivity index (χ1n) is 1.03. The van der Waals surface area contributed by atoms with Gasteiger partial charge >= 0.3 is 44.7 Å². The van der Waals surface area contributed by atoms with E-state index in [0.29, 0.717) is 0 Å². The van der Waals surface area contributed by atoms with E-state index in [9.17, 15) is 8.42 Å². The molecular formula is O4STa. The van der Waals surface area contributed by atoms with Gasteiger partial charge in [0.25, 0.3) is 0 Å². The van der Waals surface area contributed by atoms with Crippen LogP contribution in [0.3, 0.4) is 0 Å². The fourth-order valence-electron chi connectivity index (χ4n) is 0.0801. The third kappa shape index (κ3) is 0.811. The van der Waals surface area contributed by atoms with E-state index in [1.54, 1.807) is 0 Å². The molecule has 1 aliphatic heterocycles. The molecule has 1 aliphatic rings. The Morgan fingerprint density at radius 3 is 1.67 bits per heavy atom. The van der Waals surface area contributed by atoms with Crippen LogP contribution in [0.2, 0.25) is 0 Å². The van der Waals surface area contributed by atoms with Gasteiger partial charge in [-0.3, -0.25) is 0 Å². The molecule has 0 saturated carbocycles. The molecule has 0 bridgehead atoms. The summed E-state index contributed by atoms with van der Waals surface area (Å²) in [6, 6.07) is 0. The van der Waals surface area contributed by atoms with Crippen LogP contribution in [0.1, 0.15) is 0 Å². The first-order valence-corrected chi connectivity index (χ1v) is 4.99. The van der Waals surface area contributed by atoms with Crippen molar-refractivity contribution in [1.29, 1.82) is 0 Å². The fourth-order valence-corrected chi connectivity index (χ4v) is 1.97. The Kier molecular flexibility index (Phi) is 1.02. The Morgan fingerprint density at radius 2 is 1.67 bits per heavy atom. The van der Waals surface area contributed by atoms with E-state index in [-0.39, 0.29) is 0 Å². The van der Waals surface area contributed by atoms with E-state index in [4.69, 9.17) is 0 Å². The van der Waals surface area contributed by atoms with Crippen molar-refractivity contribution in [3.63, 3.8) is 0 Å². The van der Waals surface area contributed by atoms with Gasteiger partial charge in [0.15, 0.2) is 0 Å². The molecule has 1 heterocycles. The second-order valence-electron chi connectivity index (χ2n) is 0.632. The van der Waals surface area contributed by atoms with E-state index in [0.717, 1.165) is 0 Å². The van der Waals surface area contributed by atoms with Crippen LogP contribution >= 0.6 is 0 Å². The summed E-state index contributed by atoms with van der Waals surface area (Å²) in [5.74, 6) is 0. The van der Waals surface area contributed by atoms with Crippen molar-refractivity contribution < 1.29 is 34.3 Å². The molecular weight excluding hydrogens is 277 g/mol. The van der Waals surface area contributed by atoms with Crippen molar-refractivity contribution in [3.05, 3.63) is 0 Å². The summed E-state index contributed by atoms with van der Waals surface area (Å²) in [6.07, 6.45) is 0. The van der Waals surface area contributed by atoms with Crippen molar-refractivity contribution in [2.75, 3.05) is 0 Å². The molecule has 1 saturated heterocycles. The van der Waals surface area contributed by atoms with Crippen molar-refractivity contribution in [3.8, 4) is 0 Å². The van der Waals surface area contributed by atoms with Gasteiger partial charge in [-0.2, -0.15) is 0 Å². The minimum atomic E-state index is -3.40. The number of hydrogen-bond donors (Lipinski definition) is 0. The van der Waals surface area contributed by atoms with Gasteiger partial charge in [0.05, 0.1) is 0 Å².